The fourth-order valence-corrected chi connectivity index (χ4v) is 4.29. The van der Waals surface area contributed by atoms with Crippen LogP contribution in [-0.2, 0) is 11.8 Å². The van der Waals surface area contributed by atoms with Crippen LogP contribution in [0.4, 0.5) is 0 Å². The van der Waals surface area contributed by atoms with Crippen LogP contribution in [0.25, 0.3) is 0 Å². The third kappa shape index (κ3) is 2.59. The zero-order chi connectivity index (χ0) is 14.9. The third-order valence-corrected chi connectivity index (χ3v) is 5.32. The molecule has 1 aliphatic carbocycles. The molecule has 0 spiro atoms. The summed E-state index contributed by atoms with van der Waals surface area (Å²) < 4.78 is 7.36. The van der Waals surface area contributed by atoms with Crippen LogP contribution in [0.1, 0.15) is 37.4 Å². The molecule has 3 rings (SSSR count). The van der Waals surface area contributed by atoms with E-state index in [2.05, 4.69) is 15.4 Å². The topological polar surface area (TPSA) is 68.3 Å². The van der Waals surface area contributed by atoms with Crippen molar-refractivity contribution in [3.05, 3.63) is 16.9 Å². The number of ether oxygens (including phenoxy) is 1. The standard InChI is InChI=1S/C14H24ClN5O/c1-19-12(11(15)10-17-19)13(18-16)14(4-2-3-5-14)20-6-8-21-9-7-20/h10,13,18H,2-9,16H2,1H3. The predicted molar refractivity (Wildman–Crippen MR) is 81.9 cm³/mol. The van der Waals surface area contributed by atoms with E-state index in [1.165, 1.54) is 12.8 Å². The van der Waals surface area contributed by atoms with E-state index in [1.807, 2.05) is 11.7 Å². The van der Waals surface area contributed by atoms with Gasteiger partial charge in [0.15, 0.2) is 0 Å². The second kappa shape index (κ2) is 6.22. The number of hydrazine groups is 1. The van der Waals surface area contributed by atoms with Gasteiger partial charge in [0, 0.05) is 25.7 Å². The molecule has 2 aliphatic rings. The van der Waals surface area contributed by atoms with Crippen molar-refractivity contribution in [1.82, 2.24) is 20.1 Å². The highest BCUT2D eigenvalue weighted by Crippen LogP contribution is 2.45. The smallest absolute Gasteiger partial charge is 0.0835 e. The second-order valence-electron chi connectivity index (χ2n) is 6.01. The summed E-state index contributed by atoms with van der Waals surface area (Å²) in [4.78, 5) is 2.54. The number of nitrogens with zero attached hydrogens (tertiary/aromatic N) is 3. The summed E-state index contributed by atoms with van der Waals surface area (Å²) in [6.07, 6.45) is 6.41. The number of morpholine rings is 1. The Labute approximate surface area is 130 Å². The number of nitrogens with two attached hydrogens (primary N) is 1. The van der Waals surface area contributed by atoms with Crippen molar-refractivity contribution in [2.24, 2.45) is 12.9 Å². The molecular weight excluding hydrogens is 290 g/mol. The van der Waals surface area contributed by atoms with Gasteiger partial charge in [-0.1, -0.05) is 24.4 Å². The minimum Gasteiger partial charge on any atom is -0.379 e. The molecule has 0 amide bonds. The quantitative estimate of drug-likeness (QED) is 0.646. The maximum atomic E-state index is 6.38. The first-order valence-corrected chi connectivity index (χ1v) is 8.03. The van der Waals surface area contributed by atoms with Crippen molar-refractivity contribution >= 4 is 11.6 Å². The number of aromatic nitrogens is 2. The first-order chi connectivity index (χ1) is 10.2. The highest BCUT2D eigenvalue weighted by Gasteiger charge is 2.48. The number of rotatable bonds is 4. The number of hydrogen-bond donors (Lipinski definition) is 2. The van der Waals surface area contributed by atoms with Gasteiger partial charge in [-0.05, 0) is 12.8 Å². The fraction of sp³-hybridized carbons (Fsp3) is 0.786. The summed E-state index contributed by atoms with van der Waals surface area (Å²) in [5, 5.41) is 4.96. The van der Waals surface area contributed by atoms with Crippen LogP contribution in [0.3, 0.4) is 0 Å². The normalized spacial score (nSPS) is 24.3. The molecule has 6 nitrogen and oxygen atoms in total. The van der Waals surface area contributed by atoms with Crippen LogP contribution in [0.15, 0.2) is 6.20 Å². The van der Waals surface area contributed by atoms with Gasteiger partial charge in [-0.25, -0.2) is 5.43 Å². The Morgan fingerprint density at radius 2 is 2.05 bits per heavy atom. The van der Waals surface area contributed by atoms with Crippen LogP contribution in [-0.4, -0.2) is 46.5 Å². The Kier molecular flexibility index (Phi) is 4.51. The van der Waals surface area contributed by atoms with Crippen LogP contribution in [0.2, 0.25) is 5.02 Å². The third-order valence-electron chi connectivity index (χ3n) is 5.03. The molecule has 3 N–H and O–H groups in total. The minimum atomic E-state index is -0.0156. The van der Waals surface area contributed by atoms with Crippen molar-refractivity contribution in [2.75, 3.05) is 26.3 Å². The summed E-state index contributed by atoms with van der Waals surface area (Å²) in [6.45, 7) is 3.48. The first kappa shape index (κ1) is 15.2. The molecule has 1 aliphatic heterocycles. The molecule has 1 aromatic rings. The molecule has 118 valence electrons. The van der Waals surface area contributed by atoms with E-state index in [4.69, 9.17) is 22.2 Å². The number of halogens is 1. The maximum absolute atomic E-state index is 6.38. The zero-order valence-corrected chi connectivity index (χ0v) is 13.3. The molecule has 1 saturated carbocycles. The van der Waals surface area contributed by atoms with Crippen molar-refractivity contribution < 1.29 is 4.74 Å². The van der Waals surface area contributed by atoms with Gasteiger partial charge in [0.05, 0.1) is 36.2 Å². The molecule has 7 heteroatoms. The van der Waals surface area contributed by atoms with Crippen molar-refractivity contribution in [3.63, 3.8) is 0 Å². The molecule has 2 fully saturated rings. The van der Waals surface area contributed by atoms with Crippen LogP contribution in [0, 0.1) is 0 Å². The lowest BCUT2D eigenvalue weighted by Gasteiger charge is -2.48. The summed E-state index contributed by atoms with van der Waals surface area (Å²) in [6, 6.07) is -0.0156. The van der Waals surface area contributed by atoms with Gasteiger partial charge in [0.2, 0.25) is 0 Å². The number of hydrogen-bond acceptors (Lipinski definition) is 5. The summed E-state index contributed by atoms with van der Waals surface area (Å²) >= 11 is 6.38. The van der Waals surface area contributed by atoms with E-state index in [0.29, 0.717) is 5.02 Å². The molecule has 21 heavy (non-hydrogen) atoms. The minimum absolute atomic E-state index is 0.00988. The van der Waals surface area contributed by atoms with E-state index in [9.17, 15) is 0 Å². The van der Waals surface area contributed by atoms with Gasteiger partial charge >= 0.3 is 0 Å². The van der Waals surface area contributed by atoms with Crippen LogP contribution < -0.4 is 11.3 Å². The maximum Gasteiger partial charge on any atom is 0.0835 e. The molecule has 1 aromatic heterocycles. The molecule has 2 heterocycles. The Balaban J connectivity index is 1.98. The van der Waals surface area contributed by atoms with Crippen molar-refractivity contribution in [1.29, 1.82) is 0 Å². The Morgan fingerprint density at radius 1 is 1.38 bits per heavy atom. The lowest BCUT2D eigenvalue weighted by atomic mass is 9.84. The summed E-state index contributed by atoms with van der Waals surface area (Å²) in [7, 11) is 1.92. The molecule has 1 saturated heterocycles. The lowest BCUT2D eigenvalue weighted by molar-refractivity contribution is -0.0374. The van der Waals surface area contributed by atoms with Gasteiger partial charge in [-0.3, -0.25) is 15.4 Å². The fourth-order valence-electron chi connectivity index (χ4n) is 4.02. The average molecular weight is 314 g/mol. The molecule has 1 unspecified atom stereocenters. The highest BCUT2D eigenvalue weighted by molar-refractivity contribution is 6.31. The Morgan fingerprint density at radius 3 is 2.57 bits per heavy atom. The molecule has 0 bridgehead atoms. The number of aryl methyl sites for hydroxylation is 1. The van der Waals surface area contributed by atoms with E-state index >= 15 is 0 Å². The SMILES string of the molecule is Cn1ncc(Cl)c1C(NN)C1(N2CCOCC2)CCCC1. The van der Waals surface area contributed by atoms with Gasteiger partial charge in [0.25, 0.3) is 0 Å². The Bertz CT molecular complexity index is 460. The average Bonchev–Trinajstić information content (AvgIpc) is 3.12. The van der Waals surface area contributed by atoms with Gasteiger partial charge < -0.3 is 4.74 Å². The second-order valence-corrected chi connectivity index (χ2v) is 6.42. The Hall–Kier alpha value is -0.660. The van der Waals surface area contributed by atoms with Crippen LogP contribution >= 0.6 is 11.6 Å². The molecule has 1 atom stereocenters. The molecule has 0 radical (unpaired) electrons. The van der Waals surface area contributed by atoms with E-state index in [1.54, 1.807) is 6.20 Å². The largest absolute Gasteiger partial charge is 0.379 e. The van der Waals surface area contributed by atoms with Gasteiger partial charge in [-0.15, -0.1) is 0 Å². The molecular formula is C14H24ClN5O. The van der Waals surface area contributed by atoms with Crippen LogP contribution in [0.5, 0.6) is 0 Å². The predicted octanol–water partition coefficient (Wildman–Crippen LogP) is 1.22. The van der Waals surface area contributed by atoms with Gasteiger partial charge in [-0.2, -0.15) is 5.10 Å². The monoisotopic (exact) mass is 313 g/mol. The van der Waals surface area contributed by atoms with E-state index in [0.717, 1.165) is 44.8 Å². The first-order valence-electron chi connectivity index (χ1n) is 7.65. The summed E-state index contributed by atoms with van der Waals surface area (Å²) in [5.41, 5.74) is 4.03. The van der Waals surface area contributed by atoms with Gasteiger partial charge in [0.1, 0.15) is 0 Å². The summed E-state index contributed by atoms with van der Waals surface area (Å²) in [5.74, 6) is 5.97. The lowest BCUT2D eigenvalue weighted by Crippen LogP contribution is -2.59. The highest BCUT2D eigenvalue weighted by atomic mass is 35.5. The van der Waals surface area contributed by atoms with E-state index < -0.39 is 0 Å². The van der Waals surface area contributed by atoms with Crippen molar-refractivity contribution in [2.45, 2.75) is 37.3 Å². The van der Waals surface area contributed by atoms with E-state index in [-0.39, 0.29) is 11.6 Å². The van der Waals surface area contributed by atoms with Crippen molar-refractivity contribution in [3.8, 4) is 0 Å². The molecule has 0 aromatic carbocycles. The number of nitrogens with one attached hydrogen (secondary N) is 1. The zero-order valence-electron chi connectivity index (χ0n) is 12.5.